The van der Waals surface area contributed by atoms with Gasteiger partial charge < -0.3 is 0 Å². The van der Waals surface area contributed by atoms with Gasteiger partial charge in [-0.1, -0.05) is 67.6 Å². The summed E-state index contributed by atoms with van der Waals surface area (Å²) < 4.78 is 3.34. The summed E-state index contributed by atoms with van der Waals surface area (Å²) in [7, 11) is 0. The minimum absolute atomic E-state index is 0.142. The van der Waals surface area contributed by atoms with Gasteiger partial charge in [-0.25, -0.2) is 9.78 Å². The van der Waals surface area contributed by atoms with Crippen LogP contribution in [-0.2, 0) is 19.4 Å². The van der Waals surface area contributed by atoms with Gasteiger partial charge in [0.25, 0.3) is 0 Å². The van der Waals surface area contributed by atoms with Crippen LogP contribution in [0.2, 0.25) is 0 Å². The predicted molar refractivity (Wildman–Crippen MR) is 122 cm³/mol. The number of thiophene rings is 1. The first-order chi connectivity index (χ1) is 14.7. The van der Waals surface area contributed by atoms with Gasteiger partial charge >= 0.3 is 5.69 Å². The Morgan fingerprint density at radius 1 is 0.967 bits per heavy atom. The second-order valence-corrected chi connectivity index (χ2v) is 8.65. The third-order valence-corrected chi connectivity index (χ3v) is 6.63. The second kappa shape index (κ2) is 7.54. The Bertz CT molecular complexity index is 1400. The van der Waals surface area contributed by atoms with E-state index in [9.17, 15) is 4.79 Å². The monoisotopic (exact) mass is 414 g/mol. The fraction of sp³-hybridized carbons (Fsp3) is 0.208. The molecule has 0 amide bonds. The van der Waals surface area contributed by atoms with E-state index < -0.39 is 0 Å². The van der Waals surface area contributed by atoms with Crippen molar-refractivity contribution in [2.75, 3.05) is 0 Å². The molecule has 0 aliphatic carbocycles. The number of hydrogen-bond acceptors (Lipinski definition) is 4. The van der Waals surface area contributed by atoms with Gasteiger partial charge in [-0.3, -0.25) is 4.57 Å². The highest BCUT2D eigenvalue weighted by Crippen LogP contribution is 2.33. The van der Waals surface area contributed by atoms with Crippen LogP contribution in [0.5, 0.6) is 0 Å². The van der Waals surface area contributed by atoms with Crippen LogP contribution in [-0.4, -0.2) is 19.2 Å². The van der Waals surface area contributed by atoms with E-state index in [1.54, 1.807) is 11.3 Å². The summed E-state index contributed by atoms with van der Waals surface area (Å²) in [5.74, 6) is 0.669. The Hall–Kier alpha value is -3.25. The standard InChI is InChI=1S/C24H22N4OS/c1-3-19-16(2)30-23-21(19)22-25-20(14-17-10-6-4-7-11-17)26-28(22)24(29)27(23)15-18-12-8-5-9-13-18/h4-13H,3,14-15H2,1-2H3. The van der Waals surface area contributed by atoms with E-state index in [0.29, 0.717) is 24.4 Å². The maximum absolute atomic E-state index is 13.5. The molecular weight excluding hydrogens is 392 g/mol. The van der Waals surface area contributed by atoms with E-state index in [2.05, 4.69) is 31.1 Å². The molecule has 0 saturated heterocycles. The van der Waals surface area contributed by atoms with Crippen molar-refractivity contribution in [2.24, 2.45) is 0 Å². The molecule has 0 bridgehead atoms. The molecule has 0 radical (unpaired) electrons. The van der Waals surface area contributed by atoms with Crippen LogP contribution in [0.3, 0.4) is 0 Å². The zero-order valence-corrected chi connectivity index (χ0v) is 17.8. The molecule has 3 aromatic heterocycles. The SMILES string of the molecule is CCc1c(C)sc2c1c1nc(Cc3ccccc3)nn1c(=O)n2Cc1ccccc1. The van der Waals surface area contributed by atoms with Gasteiger partial charge in [-0.05, 0) is 30.0 Å². The molecule has 0 N–H and O–H groups in total. The molecule has 3 heterocycles. The number of fused-ring (bicyclic) bond motifs is 3. The number of aromatic nitrogens is 4. The molecule has 0 aliphatic heterocycles. The Kier molecular flexibility index (Phi) is 4.71. The third-order valence-electron chi connectivity index (χ3n) is 5.46. The molecule has 0 saturated carbocycles. The summed E-state index contributed by atoms with van der Waals surface area (Å²) in [4.78, 5) is 20.5. The van der Waals surface area contributed by atoms with Crippen LogP contribution in [0.4, 0.5) is 0 Å². The second-order valence-electron chi connectivity index (χ2n) is 7.45. The van der Waals surface area contributed by atoms with Gasteiger partial charge in [-0.15, -0.1) is 16.4 Å². The first-order valence-electron chi connectivity index (χ1n) is 10.1. The van der Waals surface area contributed by atoms with Crippen LogP contribution in [0.15, 0.2) is 65.5 Å². The normalized spacial score (nSPS) is 11.5. The Balaban J connectivity index is 1.75. The molecule has 6 heteroatoms. The maximum Gasteiger partial charge on any atom is 0.352 e. The minimum Gasteiger partial charge on any atom is -0.278 e. The first-order valence-corrected chi connectivity index (χ1v) is 11.0. The molecule has 0 aliphatic rings. The van der Waals surface area contributed by atoms with Gasteiger partial charge in [0.05, 0.1) is 11.9 Å². The number of benzene rings is 2. The average Bonchev–Trinajstić information content (AvgIpc) is 3.33. The van der Waals surface area contributed by atoms with E-state index in [1.807, 2.05) is 53.1 Å². The largest absolute Gasteiger partial charge is 0.352 e. The molecule has 5 nitrogen and oxygen atoms in total. The van der Waals surface area contributed by atoms with E-state index in [-0.39, 0.29) is 5.69 Å². The summed E-state index contributed by atoms with van der Waals surface area (Å²) in [6.07, 6.45) is 1.50. The molecule has 150 valence electrons. The van der Waals surface area contributed by atoms with Crippen molar-refractivity contribution < 1.29 is 0 Å². The van der Waals surface area contributed by atoms with Crippen molar-refractivity contribution in [1.29, 1.82) is 0 Å². The lowest BCUT2D eigenvalue weighted by molar-refractivity contribution is 0.714. The zero-order valence-electron chi connectivity index (χ0n) is 17.0. The lowest BCUT2D eigenvalue weighted by Crippen LogP contribution is -2.28. The molecule has 0 fully saturated rings. The maximum atomic E-state index is 13.5. The van der Waals surface area contributed by atoms with Crippen molar-refractivity contribution in [3.8, 4) is 0 Å². The number of nitrogens with zero attached hydrogens (tertiary/aromatic N) is 4. The molecule has 0 spiro atoms. The van der Waals surface area contributed by atoms with Crippen LogP contribution in [0.25, 0.3) is 15.9 Å². The van der Waals surface area contributed by atoms with Crippen LogP contribution in [0.1, 0.15) is 34.3 Å². The molecular formula is C24H22N4OS. The topological polar surface area (TPSA) is 52.2 Å². The quantitative estimate of drug-likeness (QED) is 0.422. The Morgan fingerprint density at radius 3 is 2.30 bits per heavy atom. The van der Waals surface area contributed by atoms with Gasteiger partial charge in [-0.2, -0.15) is 4.52 Å². The average molecular weight is 415 g/mol. The summed E-state index contributed by atoms with van der Waals surface area (Å²) >= 11 is 1.67. The van der Waals surface area contributed by atoms with Gasteiger partial charge in [0.1, 0.15) is 4.83 Å². The fourth-order valence-electron chi connectivity index (χ4n) is 4.02. The van der Waals surface area contributed by atoms with Crippen molar-refractivity contribution in [2.45, 2.75) is 33.2 Å². The van der Waals surface area contributed by atoms with Crippen LogP contribution < -0.4 is 5.69 Å². The predicted octanol–water partition coefficient (Wildman–Crippen LogP) is 4.62. The van der Waals surface area contributed by atoms with Crippen molar-refractivity contribution in [3.05, 3.63) is 98.5 Å². The molecule has 0 unspecified atom stereocenters. The molecule has 2 aromatic carbocycles. The Morgan fingerprint density at radius 2 is 1.63 bits per heavy atom. The summed E-state index contributed by atoms with van der Waals surface area (Å²) in [6.45, 7) is 4.79. The number of rotatable bonds is 5. The lowest BCUT2D eigenvalue weighted by atomic mass is 10.1. The van der Waals surface area contributed by atoms with Crippen molar-refractivity contribution >= 4 is 27.2 Å². The van der Waals surface area contributed by atoms with Gasteiger partial charge in [0, 0.05) is 11.3 Å². The van der Waals surface area contributed by atoms with Crippen LogP contribution in [0, 0.1) is 6.92 Å². The third kappa shape index (κ3) is 3.13. The summed E-state index contributed by atoms with van der Waals surface area (Å²) in [5, 5.41) is 5.68. The van der Waals surface area contributed by atoms with E-state index >= 15 is 0 Å². The molecule has 5 aromatic rings. The molecule has 5 rings (SSSR count). The number of hydrogen-bond donors (Lipinski definition) is 0. The lowest BCUT2D eigenvalue weighted by Gasteiger charge is -2.09. The molecule has 30 heavy (non-hydrogen) atoms. The summed E-state index contributed by atoms with van der Waals surface area (Å²) in [6, 6.07) is 20.2. The van der Waals surface area contributed by atoms with E-state index in [1.165, 1.54) is 15.0 Å². The minimum atomic E-state index is -0.142. The summed E-state index contributed by atoms with van der Waals surface area (Å²) in [5.41, 5.74) is 4.00. The fourth-order valence-corrected chi connectivity index (χ4v) is 5.25. The smallest absolute Gasteiger partial charge is 0.278 e. The zero-order chi connectivity index (χ0) is 20.7. The first kappa shape index (κ1) is 18.8. The Labute approximate surface area is 178 Å². The van der Waals surface area contributed by atoms with Crippen LogP contribution >= 0.6 is 11.3 Å². The van der Waals surface area contributed by atoms with E-state index in [0.717, 1.165) is 27.8 Å². The highest BCUT2D eigenvalue weighted by Gasteiger charge is 2.21. The molecule has 0 atom stereocenters. The van der Waals surface area contributed by atoms with E-state index in [4.69, 9.17) is 4.98 Å². The van der Waals surface area contributed by atoms with Crippen molar-refractivity contribution in [1.82, 2.24) is 19.2 Å². The number of aryl methyl sites for hydroxylation is 2. The van der Waals surface area contributed by atoms with Crippen molar-refractivity contribution in [3.63, 3.8) is 0 Å². The van der Waals surface area contributed by atoms with Gasteiger partial charge in [0.2, 0.25) is 0 Å². The van der Waals surface area contributed by atoms with Gasteiger partial charge in [0.15, 0.2) is 11.5 Å². The highest BCUT2D eigenvalue weighted by molar-refractivity contribution is 7.19. The highest BCUT2D eigenvalue weighted by atomic mass is 32.1.